The third-order valence-electron chi connectivity index (χ3n) is 2.72. The number of esters is 1. The highest BCUT2D eigenvalue weighted by molar-refractivity contribution is 14.1. The van der Waals surface area contributed by atoms with Crippen LogP contribution in [0.5, 0.6) is 0 Å². The van der Waals surface area contributed by atoms with Gasteiger partial charge in [0.05, 0.1) is 13.5 Å². The van der Waals surface area contributed by atoms with E-state index in [0.29, 0.717) is 12.3 Å². The lowest BCUT2D eigenvalue weighted by atomic mass is 9.86. The van der Waals surface area contributed by atoms with Gasteiger partial charge in [-0.3, -0.25) is 4.79 Å². The van der Waals surface area contributed by atoms with Crippen LogP contribution in [0.25, 0.3) is 0 Å². The Balaban J connectivity index is 2.85. The van der Waals surface area contributed by atoms with Gasteiger partial charge in [0, 0.05) is 3.57 Å². The Morgan fingerprint density at radius 2 is 1.88 bits per heavy atom. The highest BCUT2D eigenvalue weighted by atomic mass is 127. The summed E-state index contributed by atoms with van der Waals surface area (Å²) in [5.41, 5.74) is 1.21. The molecule has 2 nitrogen and oxygen atoms in total. The van der Waals surface area contributed by atoms with Gasteiger partial charge in [-0.1, -0.05) is 26.0 Å². The zero-order chi connectivity index (χ0) is 12.1. The molecule has 0 bridgehead atoms. The Bertz CT molecular complexity index is 343. The van der Waals surface area contributed by atoms with Gasteiger partial charge in [-0.25, -0.2) is 0 Å². The largest absolute Gasteiger partial charge is 0.469 e. The molecule has 0 aliphatic heterocycles. The number of rotatable bonds is 4. The molecule has 1 aromatic carbocycles. The summed E-state index contributed by atoms with van der Waals surface area (Å²) in [6, 6.07) is 8.33. The molecule has 0 aliphatic rings. The van der Waals surface area contributed by atoms with Gasteiger partial charge in [0.1, 0.15) is 0 Å². The van der Waals surface area contributed by atoms with Gasteiger partial charge >= 0.3 is 5.97 Å². The number of halogens is 1. The molecule has 16 heavy (non-hydrogen) atoms. The topological polar surface area (TPSA) is 26.3 Å². The minimum atomic E-state index is -0.141. The highest BCUT2D eigenvalue weighted by Crippen LogP contribution is 2.28. The molecule has 0 aliphatic carbocycles. The minimum Gasteiger partial charge on any atom is -0.469 e. The van der Waals surface area contributed by atoms with Gasteiger partial charge in [-0.15, -0.1) is 0 Å². The molecule has 0 amide bonds. The zero-order valence-electron chi connectivity index (χ0n) is 9.87. The second-order valence-electron chi connectivity index (χ2n) is 4.18. The van der Waals surface area contributed by atoms with Crippen LogP contribution in [0.2, 0.25) is 0 Å². The normalized spacial score (nSPS) is 12.6. The van der Waals surface area contributed by atoms with E-state index in [1.54, 1.807) is 0 Å². The first-order valence-corrected chi connectivity index (χ1v) is 6.44. The first-order valence-electron chi connectivity index (χ1n) is 5.37. The van der Waals surface area contributed by atoms with E-state index in [-0.39, 0.29) is 11.9 Å². The molecule has 0 heterocycles. The molecule has 0 N–H and O–H groups in total. The Hall–Kier alpha value is -0.580. The van der Waals surface area contributed by atoms with Gasteiger partial charge in [-0.2, -0.15) is 0 Å². The maximum atomic E-state index is 11.3. The van der Waals surface area contributed by atoms with Crippen LogP contribution in [0.3, 0.4) is 0 Å². The predicted molar refractivity (Wildman–Crippen MR) is 73.4 cm³/mol. The maximum absolute atomic E-state index is 11.3. The smallest absolute Gasteiger partial charge is 0.306 e. The van der Waals surface area contributed by atoms with Crippen molar-refractivity contribution < 1.29 is 9.53 Å². The van der Waals surface area contributed by atoms with Crippen molar-refractivity contribution in [3.05, 3.63) is 33.4 Å². The molecule has 3 heteroatoms. The molecule has 88 valence electrons. The maximum Gasteiger partial charge on any atom is 0.306 e. The second-order valence-corrected chi connectivity index (χ2v) is 5.43. The number of ether oxygens (including phenoxy) is 1. The van der Waals surface area contributed by atoms with Crippen LogP contribution in [0, 0.1) is 9.49 Å². The van der Waals surface area contributed by atoms with E-state index in [0.717, 1.165) is 0 Å². The minimum absolute atomic E-state index is 0.141. The van der Waals surface area contributed by atoms with Gasteiger partial charge in [0.25, 0.3) is 0 Å². The average molecular weight is 332 g/mol. The molecule has 0 spiro atoms. The summed E-state index contributed by atoms with van der Waals surface area (Å²) in [6.07, 6.45) is 0.453. The second kappa shape index (κ2) is 6.23. The standard InChI is InChI=1S/C13H17IO2/c1-9(2)12(8-13(15)16-3)10-4-6-11(14)7-5-10/h4-7,9,12H,8H2,1-3H3. The summed E-state index contributed by atoms with van der Waals surface area (Å²) in [7, 11) is 1.44. The van der Waals surface area contributed by atoms with Gasteiger partial charge < -0.3 is 4.74 Å². The van der Waals surface area contributed by atoms with E-state index in [1.165, 1.54) is 16.2 Å². The quantitative estimate of drug-likeness (QED) is 0.622. The first kappa shape index (κ1) is 13.5. The van der Waals surface area contributed by atoms with Crippen molar-refractivity contribution in [1.29, 1.82) is 0 Å². The first-order chi connectivity index (χ1) is 7.54. The third-order valence-corrected chi connectivity index (χ3v) is 3.44. The van der Waals surface area contributed by atoms with Crippen molar-refractivity contribution in [2.75, 3.05) is 7.11 Å². The van der Waals surface area contributed by atoms with Crippen LogP contribution in [0.4, 0.5) is 0 Å². The van der Waals surface area contributed by atoms with Crippen molar-refractivity contribution >= 4 is 28.6 Å². The Kier molecular flexibility index (Phi) is 5.25. The van der Waals surface area contributed by atoms with E-state index in [4.69, 9.17) is 4.74 Å². The Labute approximate surface area is 111 Å². The lowest BCUT2D eigenvalue weighted by molar-refractivity contribution is -0.141. The summed E-state index contributed by atoms with van der Waals surface area (Å²) in [6.45, 7) is 4.26. The summed E-state index contributed by atoms with van der Waals surface area (Å²) in [5, 5.41) is 0. The fraction of sp³-hybridized carbons (Fsp3) is 0.462. The van der Waals surface area contributed by atoms with Crippen LogP contribution >= 0.6 is 22.6 Å². The molecule has 1 rings (SSSR count). The van der Waals surface area contributed by atoms with Crippen LogP contribution < -0.4 is 0 Å². The number of benzene rings is 1. The molecular weight excluding hydrogens is 315 g/mol. The lowest BCUT2D eigenvalue weighted by Gasteiger charge is -2.20. The molecule has 0 aromatic heterocycles. The van der Waals surface area contributed by atoms with E-state index in [1.807, 2.05) is 0 Å². The van der Waals surface area contributed by atoms with E-state index >= 15 is 0 Å². The molecule has 1 atom stereocenters. The number of hydrogen-bond donors (Lipinski definition) is 0. The van der Waals surface area contributed by atoms with Crippen LogP contribution in [0.15, 0.2) is 24.3 Å². The lowest BCUT2D eigenvalue weighted by Crippen LogP contribution is -2.13. The molecule has 1 aromatic rings. The molecule has 0 fully saturated rings. The predicted octanol–water partition coefficient (Wildman–Crippen LogP) is 3.59. The molecule has 0 radical (unpaired) electrons. The number of hydrogen-bond acceptors (Lipinski definition) is 2. The van der Waals surface area contributed by atoms with E-state index in [2.05, 4.69) is 60.7 Å². The number of carbonyl (C=O) groups is 1. The highest BCUT2D eigenvalue weighted by Gasteiger charge is 2.19. The SMILES string of the molecule is COC(=O)CC(c1ccc(I)cc1)C(C)C. The van der Waals surface area contributed by atoms with Crippen LogP contribution in [-0.4, -0.2) is 13.1 Å². The number of carbonyl (C=O) groups excluding carboxylic acids is 1. The van der Waals surface area contributed by atoms with Gasteiger partial charge in [0.2, 0.25) is 0 Å². The fourth-order valence-electron chi connectivity index (χ4n) is 1.71. The van der Waals surface area contributed by atoms with Crippen molar-refractivity contribution in [3.63, 3.8) is 0 Å². The number of methoxy groups -OCH3 is 1. The zero-order valence-corrected chi connectivity index (χ0v) is 12.0. The average Bonchev–Trinajstić information content (AvgIpc) is 2.26. The van der Waals surface area contributed by atoms with Gasteiger partial charge in [-0.05, 0) is 52.1 Å². The molecule has 0 saturated carbocycles. The summed E-state index contributed by atoms with van der Waals surface area (Å²) < 4.78 is 5.95. The Morgan fingerprint density at radius 3 is 2.31 bits per heavy atom. The summed E-state index contributed by atoms with van der Waals surface area (Å²) in [5.74, 6) is 0.529. The third kappa shape index (κ3) is 3.77. The van der Waals surface area contributed by atoms with Crippen LogP contribution in [-0.2, 0) is 9.53 Å². The molecule has 0 saturated heterocycles. The summed E-state index contributed by atoms with van der Waals surface area (Å²) >= 11 is 2.28. The monoisotopic (exact) mass is 332 g/mol. The summed E-state index contributed by atoms with van der Waals surface area (Å²) in [4.78, 5) is 11.3. The van der Waals surface area contributed by atoms with E-state index < -0.39 is 0 Å². The van der Waals surface area contributed by atoms with Crippen LogP contribution in [0.1, 0.15) is 31.7 Å². The van der Waals surface area contributed by atoms with Crippen molar-refractivity contribution in [1.82, 2.24) is 0 Å². The van der Waals surface area contributed by atoms with Gasteiger partial charge in [0.15, 0.2) is 0 Å². The van der Waals surface area contributed by atoms with Crippen molar-refractivity contribution in [2.24, 2.45) is 5.92 Å². The molecule has 1 unspecified atom stereocenters. The molecular formula is C13H17IO2. The van der Waals surface area contributed by atoms with E-state index in [9.17, 15) is 4.79 Å². The fourth-order valence-corrected chi connectivity index (χ4v) is 2.07. The van der Waals surface area contributed by atoms with Crippen molar-refractivity contribution in [3.8, 4) is 0 Å². The van der Waals surface area contributed by atoms with Crippen molar-refractivity contribution in [2.45, 2.75) is 26.2 Å². The Morgan fingerprint density at radius 1 is 1.31 bits per heavy atom.